The van der Waals surface area contributed by atoms with E-state index < -0.39 is 23.5 Å². The molecule has 0 spiro atoms. The van der Waals surface area contributed by atoms with Gasteiger partial charge in [0.1, 0.15) is 6.04 Å². The minimum atomic E-state index is -1.03. The molecule has 0 aliphatic heterocycles. The molecule has 5 nitrogen and oxygen atoms in total. The summed E-state index contributed by atoms with van der Waals surface area (Å²) in [6.07, 6.45) is 1.31. The lowest BCUT2D eigenvalue weighted by Crippen LogP contribution is -2.56. The van der Waals surface area contributed by atoms with Crippen molar-refractivity contribution in [1.29, 1.82) is 0 Å². The number of carbonyl (C=O) groups is 2. The lowest BCUT2D eigenvalue weighted by molar-refractivity contribution is -0.143. The number of rotatable bonds is 6. The molecule has 4 N–H and O–H groups in total. The molecule has 0 aliphatic carbocycles. The lowest BCUT2D eigenvalue weighted by Gasteiger charge is -2.26. The summed E-state index contributed by atoms with van der Waals surface area (Å²) in [6.45, 7) is 7.03. The fraction of sp³-hybridized carbons (Fsp3) is 0.818. The van der Waals surface area contributed by atoms with Gasteiger partial charge in [-0.05, 0) is 19.3 Å². The number of nitrogens with two attached hydrogens (primary N) is 1. The average molecular weight is 230 g/mol. The third kappa shape index (κ3) is 4.18. The van der Waals surface area contributed by atoms with E-state index in [9.17, 15) is 9.59 Å². The van der Waals surface area contributed by atoms with E-state index >= 15 is 0 Å². The van der Waals surface area contributed by atoms with Gasteiger partial charge in [0, 0.05) is 0 Å². The second kappa shape index (κ2) is 5.84. The van der Waals surface area contributed by atoms with Crippen molar-refractivity contribution in [2.24, 2.45) is 11.7 Å². The molecule has 5 heteroatoms. The highest BCUT2D eigenvalue weighted by molar-refractivity contribution is 5.89. The van der Waals surface area contributed by atoms with Crippen molar-refractivity contribution >= 4 is 11.9 Å². The second-order valence-corrected chi connectivity index (χ2v) is 4.70. The summed E-state index contributed by atoms with van der Waals surface area (Å²) < 4.78 is 0. The summed E-state index contributed by atoms with van der Waals surface area (Å²) in [5, 5.41) is 11.4. The number of amides is 1. The number of hydrogen-bond acceptors (Lipinski definition) is 3. The largest absolute Gasteiger partial charge is 0.480 e. The number of carboxylic acids is 1. The van der Waals surface area contributed by atoms with Gasteiger partial charge in [-0.3, -0.25) is 4.79 Å². The van der Waals surface area contributed by atoms with E-state index in [1.807, 2.05) is 6.92 Å². The van der Waals surface area contributed by atoms with Crippen LogP contribution in [0, 0.1) is 5.92 Å². The summed E-state index contributed by atoms with van der Waals surface area (Å²) >= 11 is 0. The lowest BCUT2D eigenvalue weighted by atomic mass is 9.95. The summed E-state index contributed by atoms with van der Waals surface area (Å²) in [5.74, 6) is -1.61. The van der Waals surface area contributed by atoms with Gasteiger partial charge in [-0.15, -0.1) is 0 Å². The van der Waals surface area contributed by atoms with Gasteiger partial charge < -0.3 is 16.2 Å². The average Bonchev–Trinajstić information content (AvgIpc) is 2.12. The molecule has 0 heterocycles. The maximum Gasteiger partial charge on any atom is 0.326 e. The van der Waals surface area contributed by atoms with Crippen molar-refractivity contribution in [3.63, 3.8) is 0 Å². The van der Waals surface area contributed by atoms with Crippen LogP contribution in [0.15, 0.2) is 0 Å². The summed E-state index contributed by atoms with van der Waals surface area (Å²) in [4.78, 5) is 22.7. The van der Waals surface area contributed by atoms with Crippen molar-refractivity contribution in [2.75, 3.05) is 0 Å². The van der Waals surface area contributed by atoms with Gasteiger partial charge in [0.15, 0.2) is 0 Å². The SMILES string of the molecule is CCCC(C)(N)C(=O)NC(C(=O)O)C(C)C. The molecule has 2 unspecified atom stereocenters. The Morgan fingerprint density at radius 3 is 2.25 bits per heavy atom. The Labute approximate surface area is 96.4 Å². The molecule has 0 aromatic rings. The summed E-state index contributed by atoms with van der Waals surface area (Å²) in [7, 11) is 0. The van der Waals surface area contributed by atoms with Gasteiger partial charge >= 0.3 is 5.97 Å². The monoisotopic (exact) mass is 230 g/mol. The Bertz CT molecular complexity index is 262. The van der Waals surface area contributed by atoms with E-state index in [1.54, 1.807) is 20.8 Å². The highest BCUT2D eigenvalue weighted by Crippen LogP contribution is 2.10. The zero-order valence-electron chi connectivity index (χ0n) is 10.4. The highest BCUT2D eigenvalue weighted by Gasteiger charge is 2.32. The topological polar surface area (TPSA) is 92.4 Å². The number of carboxylic acid groups (broad SMARTS) is 1. The van der Waals surface area contributed by atoms with Gasteiger partial charge in [0.2, 0.25) is 5.91 Å². The van der Waals surface area contributed by atoms with Crippen molar-refractivity contribution in [3.8, 4) is 0 Å². The van der Waals surface area contributed by atoms with Crippen molar-refractivity contribution in [1.82, 2.24) is 5.32 Å². The van der Waals surface area contributed by atoms with Crippen LogP contribution in [0.1, 0.15) is 40.5 Å². The van der Waals surface area contributed by atoms with Gasteiger partial charge in [0.25, 0.3) is 0 Å². The Kier molecular flexibility index (Phi) is 5.44. The van der Waals surface area contributed by atoms with E-state index in [2.05, 4.69) is 5.32 Å². The maximum atomic E-state index is 11.8. The molecule has 2 atom stereocenters. The zero-order valence-corrected chi connectivity index (χ0v) is 10.4. The van der Waals surface area contributed by atoms with Crippen LogP contribution in [-0.2, 0) is 9.59 Å². The van der Waals surface area contributed by atoms with Crippen molar-refractivity contribution in [2.45, 2.75) is 52.1 Å². The first-order chi connectivity index (χ1) is 7.22. The molecule has 1 amide bonds. The fourth-order valence-electron chi connectivity index (χ4n) is 1.45. The Balaban J connectivity index is 4.58. The third-order valence-electron chi connectivity index (χ3n) is 2.51. The number of carbonyl (C=O) groups excluding carboxylic acids is 1. The smallest absolute Gasteiger partial charge is 0.326 e. The molecule has 0 radical (unpaired) electrons. The van der Waals surface area contributed by atoms with Crippen LogP contribution in [0.5, 0.6) is 0 Å². The molecule has 0 aromatic heterocycles. The quantitative estimate of drug-likeness (QED) is 0.627. The fourth-order valence-corrected chi connectivity index (χ4v) is 1.45. The summed E-state index contributed by atoms with van der Waals surface area (Å²) in [5.41, 5.74) is 4.81. The van der Waals surface area contributed by atoms with Crippen LogP contribution < -0.4 is 11.1 Å². The Hall–Kier alpha value is -1.10. The van der Waals surface area contributed by atoms with Crippen LogP contribution in [0.25, 0.3) is 0 Å². The van der Waals surface area contributed by atoms with Gasteiger partial charge in [-0.1, -0.05) is 27.2 Å². The van der Waals surface area contributed by atoms with Crippen LogP contribution >= 0.6 is 0 Å². The van der Waals surface area contributed by atoms with Crippen molar-refractivity contribution in [3.05, 3.63) is 0 Å². The molecule has 0 saturated carbocycles. The number of nitrogens with one attached hydrogen (secondary N) is 1. The zero-order chi connectivity index (χ0) is 12.9. The first-order valence-corrected chi connectivity index (χ1v) is 5.55. The standard InChI is InChI=1S/C11H22N2O3/c1-5-6-11(4,12)10(16)13-8(7(2)3)9(14)15/h7-8H,5-6,12H2,1-4H3,(H,13,16)(H,14,15). The first-order valence-electron chi connectivity index (χ1n) is 5.55. The van der Waals surface area contributed by atoms with Gasteiger partial charge in [0.05, 0.1) is 5.54 Å². The van der Waals surface area contributed by atoms with Crippen LogP contribution in [0.4, 0.5) is 0 Å². The van der Waals surface area contributed by atoms with E-state index in [0.29, 0.717) is 6.42 Å². The molecule has 0 saturated heterocycles. The highest BCUT2D eigenvalue weighted by atomic mass is 16.4. The Morgan fingerprint density at radius 1 is 1.44 bits per heavy atom. The predicted molar refractivity (Wildman–Crippen MR) is 61.9 cm³/mol. The van der Waals surface area contributed by atoms with Crippen molar-refractivity contribution < 1.29 is 14.7 Å². The minimum Gasteiger partial charge on any atom is -0.480 e. The maximum absolute atomic E-state index is 11.8. The predicted octanol–water partition coefficient (Wildman–Crippen LogP) is 0.729. The minimum absolute atomic E-state index is 0.168. The molecular formula is C11H22N2O3. The molecule has 0 fully saturated rings. The first kappa shape index (κ1) is 14.9. The number of aliphatic carboxylic acids is 1. The van der Waals surface area contributed by atoms with Gasteiger partial charge in [-0.2, -0.15) is 0 Å². The van der Waals surface area contributed by atoms with E-state index in [0.717, 1.165) is 6.42 Å². The van der Waals surface area contributed by atoms with Gasteiger partial charge in [-0.25, -0.2) is 4.79 Å². The second-order valence-electron chi connectivity index (χ2n) is 4.70. The summed E-state index contributed by atoms with van der Waals surface area (Å²) in [6, 6.07) is -0.882. The molecule has 0 bridgehead atoms. The van der Waals surface area contributed by atoms with E-state index in [4.69, 9.17) is 10.8 Å². The third-order valence-corrected chi connectivity index (χ3v) is 2.51. The van der Waals surface area contributed by atoms with E-state index in [-0.39, 0.29) is 5.92 Å². The van der Waals surface area contributed by atoms with Crippen LogP contribution in [0.2, 0.25) is 0 Å². The molecular weight excluding hydrogens is 208 g/mol. The molecule has 0 aromatic carbocycles. The van der Waals surface area contributed by atoms with Crippen LogP contribution in [-0.4, -0.2) is 28.6 Å². The normalized spacial score (nSPS) is 16.6. The number of hydrogen-bond donors (Lipinski definition) is 3. The molecule has 0 aliphatic rings. The molecule has 0 rings (SSSR count). The molecule has 94 valence electrons. The molecule has 16 heavy (non-hydrogen) atoms. The van der Waals surface area contributed by atoms with Crippen LogP contribution in [0.3, 0.4) is 0 Å². The van der Waals surface area contributed by atoms with E-state index in [1.165, 1.54) is 0 Å². The Morgan fingerprint density at radius 2 is 1.94 bits per heavy atom.